The average Bonchev–Trinajstić information content (AvgIpc) is 1.86. The molecular weight excluding hydrogens is 100 g/mol. The first kappa shape index (κ1) is 6.05. The van der Waals surface area contributed by atoms with E-state index in [1.165, 1.54) is 0 Å². The van der Waals surface area contributed by atoms with Crippen LogP contribution in [-0.4, -0.2) is 19.1 Å². The summed E-state index contributed by atoms with van der Waals surface area (Å²) in [6.07, 6.45) is 0. The minimum atomic E-state index is 0.264. The van der Waals surface area contributed by atoms with E-state index in [1.807, 2.05) is 0 Å². The van der Waals surface area contributed by atoms with Crippen molar-refractivity contribution in [3.8, 4) is 0 Å². The lowest BCUT2D eigenvalue weighted by molar-refractivity contribution is 0.362. The fourth-order valence-corrected chi connectivity index (χ4v) is 0.856. The van der Waals surface area contributed by atoms with Gasteiger partial charge in [0.25, 0.3) is 0 Å². The third kappa shape index (κ3) is 0.858. The number of rotatable bonds is 0. The van der Waals surface area contributed by atoms with Gasteiger partial charge in [-0.15, -0.1) is 0 Å². The van der Waals surface area contributed by atoms with Gasteiger partial charge >= 0.3 is 0 Å². The topological polar surface area (TPSA) is 40.1 Å². The summed E-state index contributed by atoms with van der Waals surface area (Å²) in [4.78, 5) is 0. The van der Waals surface area contributed by atoms with Crippen LogP contribution in [0, 0.1) is 5.41 Å². The first-order valence-corrected chi connectivity index (χ1v) is 3.02. The van der Waals surface area contributed by atoms with Crippen LogP contribution in [0.25, 0.3) is 0 Å². The first-order valence-electron chi connectivity index (χ1n) is 3.02. The zero-order valence-corrected chi connectivity index (χ0v) is 5.52. The molecule has 47 valence electrons. The Bertz CT molecular complexity index is 88.5. The van der Waals surface area contributed by atoms with E-state index in [-0.39, 0.29) is 5.41 Å². The molecule has 0 aromatic carbocycles. The van der Waals surface area contributed by atoms with Gasteiger partial charge in [-0.1, -0.05) is 13.8 Å². The Labute approximate surface area is 50.4 Å². The molecule has 0 aliphatic carbocycles. The van der Waals surface area contributed by atoms with Crippen LogP contribution in [0.3, 0.4) is 0 Å². The Kier molecular flexibility index (Phi) is 1.29. The lowest BCUT2D eigenvalue weighted by Crippen LogP contribution is -2.35. The second-order valence-electron chi connectivity index (χ2n) is 3.16. The summed E-state index contributed by atoms with van der Waals surface area (Å²) >= 11 is 0. The van der Waals surface area contributed by atoms with Gasteiger partial charge in [0.15, 0.2) is 0 Å². The summed E-state index contributed by atoms with van der Waals surface area (Å²) in [6.45, 7) is 6.11. The van der Waals surface area contributed by atoms with E-state index in [0.29, 0.717) is 6.04 Å². The van der Waals surface area contributed by atoms with Gasteiger partial charge in [-0.25, -0.2) is 5.32 Å². The highest BCUT2D eigenvalue weighted by molar-refractivity contribution is 4.90. The molecular formula is C6H13N2. The summed E-state index contributed by atoms with van der Waals surface area (Å²) in [5, 5.41) is 4.19. The van der Waals surface area contributed by atoms with Crippen LogP contribution in [0.2, 0.25) is 0 Å². The van der Waals surface area contributed by atoms with Crippen molar-refractivity contribution < 1.29 is 0 Å². The van der Waals surface area contributed by atoms with E-state index in [4.69, 9.17) is 5.73 Å². The SMILES string of the molecule is CC1(C)C[N]CC1N. The van der Waals surface area contributed by atoms with Gasteiger partial charge in [0.2, 0.25) is 0 Å². The van der Waals surface area contributed by atoms with Gasteiger partial charge < -0.3 is 5.73 Å². The van der Waals surface area contributed by atoms with Crippen LogP contribution in [-0.2, 0) is 0 Å². The number of hydrogen-bond acceptors (Lipinski definition) is 1. The third-order valence-corrected chi connectivity index (χ3v) is 1.85. The molecule has 2 nitrogen and oxygen atoms in total. The van der Waals surface area contributed by atoms with Gasteiger partial charge in [0.1, 0.15) is 0 Å². The van der Waals surface area contributed by atoms with E-state index >= 15 is 0 Å². The zero-order valence-electron chi connectivity index (χ0n) is 5.52. The van der Waals surface area contributed by atoms with Crippen LogP contribution in [0.1, 0.15) is 13.8 Å². The molecule has 0 bridgehead atoms. The van der Waals surface area contributed by atoms with Crippen molar-refractivity contribution in [3.05, 3.63) is 0 Å². The van der Waals surface area contributed by atoms with Crippen molar-refractivity contribution in [1.29, 1.82) is 0 Å². The molecule has 0 amide bonds. The fourth-order valence-electron chi connectivity index (χ4n) is 0.856. The van der Waals surface area contributed by atoms with Crippen LogP contribution in [0.5, 0.6) is 0 Å². The highest BCUT2D eigenvalue weighted by atomic mass is 15.0. The lowest BCUT2D eigenvalue weighted by Gasteiger charge is -2.20. The van der Waals surface area contributed by atoms with Crippen molar-refractivity contribution in [2.75, 3.05) is 13.1 Å². The first-order chi connectivity index (χ1) is 3.63. The zero-order chi connectivity index (χ0) is 6.20. The molecule has 0 aromatic heterocycles. The van der Waals surface area contributed by atoms with E-state index in [1.54, 1.807) is 0 Å². The highest BCUT2D eigenvalue weighted by Crippen LogP contribution is 2.22. The second-order valence-corrected chi connectivity index (χ2v) is 3.16. The maximum Gasteiger partial charge on any atom is 0.0291 e. The minimum Gasteiger partial charge on any atom is -0.326 e. The maximum atomic E-state index is 5.72. The Morgan fingerprint density at radius 3 is 2.38 bits per heavy atom. The van der Waals surface area contributed by atoms with E-state index in [9.17, 15) is 0 Å². The average molecular weight is 113 g/mol. The molecule has 0 aromatic rings. The number of nitrogens with two attached hydrogens (primary N) is 1. The maximum absolute atomic E-state index is 5.72. The molecule has 0 saturated carbocycles. The van der Waals surface area contributed by atoms with E-state index in [0.717, 1.165) is 13.1 Å². The predicted molar refractivity (Wildman–Crippen MR) is 33.6 cm³/mol. The fraction of sp³-hybridized carbons (Fsp3) is 1.00. The Balaban J connectivity index is 2.54. The molecule has 2 heteroatoms. The standard InChI is InChI=1S/C6H13N2/c1-6(2)4-8-3-5(6)7/h5H,3-4,7H2,1-2H3. The summed E-state index contributed by atoms with van der Waals surface area (Å²) in [6, 6.07) is 0.294. The molecule has 2 N–H and O–H groups in total. The van der Waals surface area contributed by atoms with Gasteiger partial charge in [-0.3, -0.25) is 0 Å². The summed E-state index contributed by atoms with van der Waals surface area (Å²) in [7, 11) is 0. The Hall–Kier alpha value is -0.0800. The molecule has 1 unspecified atom stereocenters. The molecule has 1 aliphatic rings. The van der Waals surface area contributed by atoms with Crippen LogP contribution >= 0.6 is 0 Å². The molecule has 1 radical (unpaired) electrons. The molecule has 1 heterocycles. The van der Waals surface area contributed by atoms with Crippen molar-refractivity contribution in [2.24, 2.45) is 11.1 Å². The van der Waals surface area contributed by atoms with E-state index in [2.05, 4.69) is 19.2 Å². The Morgan fingerprint density at radius 1 is 1.62 bits per heavy atom. The van der Waals surface area contributed by atoms with Gasteiger partial charge in [0, 0.05) is 19.1 Å². The summed E-state index contributed by atoms with van der Waals surface area (Å²) in [5.41, 5.74) is 5.98. The largest absolute Gasteiger partial charge is 0.326 e. The highest BCUT2D eigenvalue weighted by Gasteiger charge is 2.31. The normalized spacial score (nSPS) is 35.6. The van der Waals surface area contributed by atoms with Gasteiger partial charge in [0.05, 0.1) is 0 Å². The lowest BCUT2D eigenvalue weighted by atomic mass is 9.89. The van der Waals surface area contributed by atoms with Crippen LogP contribution < -0.4 is 11.1 Å². The summed E-state index contributed by atoms with van der Waals surface area (Å²) in [5.74, 6) is 0. The molecule has 1 aliphatic heterocycles. The van der Waals surface area contributed by atoms with Gasteiger partial charge in [-0.05, 0) is 5.41 Å². The van der Waals surface area contributed by atoms with Crippen LogP contribution in [0.15, 0.2) is 0 Å². The van der Waals surface area contributed by atoms with Gasteiger partial charge in [-0.2, -0.15) is 0 Å². The van der Waals surface area contributed by atoms with Crippen molar-refractivity contribution in [2.45, 2.75) is 19.9 Å². The molecule has 1 atom stereocenters. The van der Waals surface area contributed by atoms with Crippen LogP contribution in [0.4, 0.5) is 0 Å². The number of nitrogens with zero attached hydrogens (tertiary/aromatic N) is 1. The summed E-state index contributed by atoms with van der Waals surface area (Å²) < 4.78 is 0. The molecule has 1 rings (SSSR count). The molecule has 1 fully saturated rings. The quantitative estimate of drug-likeness (QED) is 0.470. The second kappa shape index (κ2) is 1.71. The monoisotopic (exact) mass is 113 g/mol. The van der Waals surface area contributed by atoms with Crippen molar-refractivity contribution >= 4 is 0 Å². The number of hydrogen-bond donors (Lipinski definition) is 1. The van der Waals surface area contributed by atoms with E-state index < -0.39 is 0 Å². The minimum absolute atomic E-state index is 0.264. The third-order valence-electron chi connectivity index (χ3n) is 1.85. The van der Waals surface area contributed by atoms with Crippen molar-refractivity contribution in [1.82, 2.24) is 5.32 Å². The Morgan fingerprint density at radius 2 is 2.25 bits per heavy atom. The van der Waals surface area contributed by atoms with Crippen molar-refractivity contribution in [3.63, 3.8) is 0 Å². The molecule has 0 spiro atoms. The molecule has 1 saturated heterocycles. The smallest absolute Gasteiger partial charge is 0.0291 e. The predicted octanol–water partition coefficient (Wildman–Crippen LogP) is -0.0421. The molecule has 8 heavy (non-hydrogen) atoms.